The monoisotopic (exact) mass is 606 g/mol. The number of carbonyl (C=O) groups excluding carboxylic acids is 4. The third kappa shape index (κ3) is 4.86. The third-order valence-corrected chi connectivity index (χ3v) is 8.87. The van der Waals surface area contributed by atoms with E-state index in [4.69, 9.17) is 4.74 Å². The summed E-state index contributed by atoms with van der Waals surface area (Å²) in [5.74, 6) is -0.166. The van der Waals surface area contributed by atoms with Gasteiger partial charge in [0.05, 0.1) is 27.9 Å². The first kappa shape index (κ1) is 28.9. The predicted octanol–water partition coefficient (Wildman–Crippen LogP) is 7.42. The maximum absolute atomic E-state index is 13.3. The molecule has 7 rings (SSSR count). The van der Waals surface area contributed by atoms with Crippen molar-refractivity contribution in [3.05, 3.63) is 160 Å². The second kappa shape index (κ2) is 11.0. The lowest BCUT2D eigenvalue weighted by Crippen LogP contribution is -2.29. The Morgan fingerprint density at radius 2 is 1.13 bits per heavy atom. The minimum atomic E-state index is -0.380. The summed E-state index contributed by atoms with van der Waals surface area (Å²) in [7, 11) is 1.47. The Kier molecular flexibility index (Phi) is 6.89. The van der Waals surface area contributed by atoms with Crippen LogP contribution in [0.3, 0.4) is 0 Å². The smallest absolute Gasteiger partial charge is 0.266 e. The molecule has 0 radical (unpaired) electrons. The highest BCUT2D eigenvalue weighted by atomic mass is 16.5. The van der Waals surface area contributed by atoms with Gasteiger partial charge in [0.2, 0.25) is 0 Å². The number of hydrogen-bond acceptors (Lipinski definition) is 5. The summed E-state index contributed by atoms with van der Waals surface area (Å²) < 4.78 is 6.15. The van der Waals surface area contributed by atoms with Crippen LogP contribution in [0.5, 0.6) is 11.5 Å². The van der Waals surface area contributed by atoms with Gasteiger partial charge in [-0.15, -0.1) is 0 Å². The Morgan fingerprint density at radius 3 is 1.91 bits per heavy atom. The number of carbonyl (C=O) groups is 4. The van der Waals surface area contributed by atoms with Crippen LogP contribution in [0.25, 0.3) is 0 Å². The van der Waals surface area contributed by atoms with Crippen molar-refractivity contribution in [2.24, 2.45) is 0 Å². The van der Waals surface area contributed by atoms with Gasteiger partial charge in [-0.1, -0.05) is 74.5 Å². The molecule has 0 spiro atoms. The topological polar surface area (TPSA) is 84.0 Å². The standard InChI is InChI=1S/C39H30N2O5/c1-39(2,27-11-8-14-29(22-27)46-30-16-18-31-34(23-30)36(43)40(3)35(31)42)26-10-7-9-24(20-26)19-25-15-17-32-33(21-25)38(45)41(37(32)44)28-12-5-4-6-13-28/h4-18,20-23H,19H2,1-3H3. The molecule has 226 valence electrons. The number of hydrogen-bond donors (Lipinski definition) is 0. The van der Waals surface area contributed by atoms with Crippen molar-refractivity contribution in [1.82, 2.24) is 4.90 Å². The summed E-state index contributed by atoms with van der Waals surface area (Å²) in [5, 5.41) is 0. The number of amides is 4. The molecule has 4 amide bonds. The zero-order valence-corrected chi connectivity index (χ0v) is 25.6. The highest BCUT2D eigenvalue weighted by molar-refractivity contribution is 6.34. The number of rotatable bonds is 7. The van der Waals surface area contributed by atoms with E-state index < -0.39 is 0 Å². The summed E-state index contributed by atoms with van der Waals surface area (Å²) in [5.41, 5.74) is 5.91. The number of nitrogens with zero attached hydrogens (tertiary/aromatic N) is 2. The van der Waals surface area contributed by atoms with E-state index in [9.17, 15) is 19.2 Å². The van der Waals surface area contributed by atoms with Gasteiger partial charge < -0.3 is 4.74 Å². The zero-order valence-electron chi connectivity index (χ0n) is 25.6. The van der Waals surface area contributed by atoms with Gasteiger partial charge in [0, 0.05) is 12.5 Å². The van der Waals surface area contributed by atoms with E-state index in [0.29, 0.717) is 45.9 Å². The number of fused-ring (bicyclic) bond motifs is 2. The van der Waals surface area contributed by atoms with Crippen LogP contribution in [-0.4, -0.2) is 35.6 Å². The van der Waals surface area contributed by atoms with Crippen molar-refractivity contribution in [3.8, 4) is 11.5 Å². The molecule has 2 aliphatic rings. The molecule has 0 atom stereocenters. The zero-order chi connectivity index (χ0) is 32.2. The van der Waals surface area contributed by atoms with Crippen molar-refractivity contribution < 1.29 is 23.9 Å². The molecule has 0 saturated heterocycles. The largest absolute Gasteiger partial charge is 0.457 e. The Morgan fingerprint density at radius 1 is 0.543 bits per heavy atom. The van der Waals surface area contributed by atoms with Crippen LogP contribution in [0.15, 0.2) is 115 Å². The summed E-state index contributed by atoms with van der Waals surface area (Å²) in [4.78, 5) is 53.4. The van der Waals surface area contributed by atoms with Gasteiger partial charge in [-0.05, 0) is 83.3 Å². The molecule has 0 fully saturated rings. The molecule has 0 N–H and O–H groups in total. The van der Waals surface area contributed by atoms with Gasteiger partial charge in [0.1, 0.15) is 11.5 Å². The van der Waals surface area contributed by atoms with Gasteiger partial charge in [0.25, 0.3) is 23.6 Å². The van der Waals surface area contributed by atoms with Crippen LogP contribution in [0, 0.1) is 0 Å². The Labute approximate surface area is 266 Å². The van der Waals surface area contributed by atoms with Crippen LogP contribution in [-0.2, 0) is 11.8 Å². The second-order valence-corrected chi connectivity index (χ2v) is 12.2. The second-order valence-electron chi connectivity index (χ2n) is 12.2. The van der Waals surface area contributed by atoms with Crippen molar-refractivity contribution >= 4 is 29.3 Å². The van der Waals surface area contributed by atoms with Gasteiger partial charge in [-0.2, -0.15) is 0 Å². The quantitative estimate of drug-likeness (QED) is 0.180. The first-order valence-corrected chi connectivity index (χ1v) is 15.0. The normalized spacial score (nSPS) is 14.2. The molecule has 7 nitrogen and oxygen atoms in total. The van der Waals surface area contributed by atoms with Crippen LogP contribution in [0.1, 0.15) is 77.5 Å². The number of imide groups is 2. The fourth-order valence-corrected chi connectivity index (χ4v) is 6.17. The van der Waals surface area contributed by atoms with Crippen LogP contribution in [0.4, 0.5) is 5.69 Å². The Hall–Kier alpha value is -5.82. The van der Waals surface area contributed by atoms with E-state index in [2.05, 4.69) is 38.1 Å². The highest BCUT2D eigenvalue weighted by Gasteiger charge is 2.37. The molecule has 7 heteroatoms. The molecule has 0 saturated carbocycles. The molecule has 0 aromatic heterocycles. The van der Waals surface area contributed by atoms with E-state index >= 15 is 0 Å². The number of para-hydroxylation sites is 1. The fraction of sp³-hybridized carbons (Fsp3) is 0.128. The lowest BCUT2D eigenvalue weighted by molar-refractivity contribution is 0.0692. The highest BCUT2D eigenvalue weighted by Crippen LogP contribution is 2.36. The van der Waals surface area contributed by atoms with Crippen molar-refractivity contribution in [2.45, 2.75) is 25.7 Å². The van der Waals surface area contributed by atoms with Crippen LogP contribution < -0.4 is 9.64 Å². The number of ether oxygens (including phenoxy) is 1. The third-order valence-electron chi connectivity index (χ3n) is 8.87. The minimum absolute atomic E-state index is 0.305. The Bertz CT molecular complexity index is 2080. The first-order valence-electron chi connectivity index (χ1n) is 15.0. The average Bonchev–Trinajstić information content (AvgIpc) is 3.44. The average molecular weight is 607 g/mol. The Balaban J connectivity index is 1.11. The van der Waals surface area contributed by atoms with E-state index in [1.165, 1.54) is 11.9 Å². The van der Waals surface area contributed by atoms with Gasteiger partial charge in [-0.25, -0.2) is 4.90 Å². The SMILES string of the molecule is CN1C(=O)c2ccc(Oc3cccc(C(C)(C)c4cccc(Cc5ccc6c(c5)C(=O)N(c5ccccc5)C6=O)c4)c3)cc2C1=O. The number of anilines is 1. The molecule has 0 aliphatic carbocycles. The number of benzene rings is 5. The predicted molar refractivity (Wildman–Crippen MR) is 175 cm³/mol. The molecule has 0 unspecified atom stereocenters. The lowest BCUT2D eigenvalue weighted by Gasteiger charge is -2.27. The van der Waals surface area contributed by atoms with Crippen molar-refractivity contribution in [2.75, 3.05) is 11.9 Å². The molecule has 2 heterocycles. The molecular formula is C39H30N2O5. The van der Waals surface area contributed by atoms with E-state index in [-0.39, 0.29) is 29.0 Å². The summed E-state index contributed by atoms with van der Waals surface area (Å²) in [6.45, 7) is 4.30. The molecule has 5 aromatic rings. The van der Waals surface area contributed by atoms with E-state index in [1.54, 1.807) is 36.4 Å². The van der Waals surface area contributed by atoms with Crippen LogP contribution >= 0.6 is 0 Å². The molecule has 5 aromatic carbocycles. The van der Waals surface area contributed by atoms with Gasteiger partial charge in [-0.3, -0.25) is 24.1 Å². The van der Waals surface area contributed by atoms with Crippen LogP contribution in [0.2, 0.25) is 0 Å². The van der Waals surface area contributed by atoms with Gasteiger partial charge in [0.15, 0.2) is 0 Å². The molecule has 0 bridgehead atoms. The maximum atomic E-state index is 13.3. The first-order chi connectivity index (χ1) is 22.1. The maximum Gasteiger partial charge on any atom is 0.266 e. The molecule has 2 aliphatic heterocycles. The fourth-order valence-electron chi connectivity index (χ4n) is 6.17. The van der Waals surface area contributed by atoms with E-state index in [1.807, 2.05) is 54.6 Å². The molecular weight excluding hydrogens is 576 g/mol. The van der Waals surface area contributed by atoms with E-state index in [0.717, 1.165) is 27.2 Å². The summed E-state index contributed by atoms with van der Waals surface area (Å²) in [6, 6.07) is 35.6. The molecule has 46 heavy (non-hydrogen) atoms. The summed E-state index contributed by atoms with van der Waals surface area (Å²) in [6.07, 6.45) is 0.599. The summed E-state index contributed by atoms with van der Waals surface area (Å²) >= 11 is 0. The lowest BCUT2D eigenvalue weighted by atomic mass is 9.77. The van der Waals surface area contributed by atoms with Crippen molar-refractivity contribution in [1.29, 1.82) is 0 Å². The minimum Gasteiger partial charge on any atom is -0.457 e. The van der Waals surface area contributed by atoms with Gasteiger partial charge >= 0.3 is 0 Å². The van der Waals surface area contributed by atoms with Crippen molar-refractivity contribution in [3.63, 3.8) is 0 Å².